The number of amides is 1. The fourth-order valence-electron chi connectivity index (χ4n) is 3.78. The Labute approximate surface area is 153 Å². The van der Waals surface area contributed by atoms with Crippen LogP contribution in [0.3, 0.4) is 0 Å². The SMILES string of the molecule is O=C(/C=C/c1cccc2cccnc12)NC[C@H]1CCCc2ccccc21. The maximum absolute atomic E-state index is 12.3. The number of carbonyl (C=O) groups is 1. The third-order valence-electron chi connectivity index (χ3n) is 5.09. The van der Waals surface area contributed by atoms with Crippen molar-refractivity contribution in [2.75, 3.05) is 6.54 Å². The average Bonchev–Trinajstić information content (AvgIpc) is 2.70. The van der Waals surface area contributed by atoms with Gasteiger partial charge in [-0.05, 0) is 42.5 Å². The summed E-state index contributed by atoms with van der Waals surface area (Å²) < 4.78 is 0. The van der Waals surface area contributed by atoms with Gasteiger partial charge >= 0.3 is 0 Å². The van der Waals surface area contributed by atoms with E-state index >= 15 is 0 Å². The normalized spacial score (nSPS) is 16.5. The Bertz CT molecular complexity index is 956. The number of aryl methyl sites for hydroxylation is 1. The Morgan fingerprint density at radius 3 is 2.96 bits per heavy atom. The Balaban J connectivity index is 1.42. The number of nitrogens with one attached hydrogen (secondary N) is 1. The molecule has 1 N–H and O–H groups in total. The van der Waals surface area contributed by atoms with Crippen molar-refractivity contribution in [3.8, 4) is 0 Å². The highest BCUT2D eigenvalue weighted by atomic mass is 16.1. The van der Waals surface area contributed by atoms with Crippen LogP contribution in [0.5, 0.6) is 0 Å². The highest BCUT2D eigenvalue weighted by Crippen LogP contribution is 2.30. The molecule has 4 rings (SSSR count). The summed E-state index contributed by atoms with van der Waals surface area (Å²) in [5.74, 6) is 0.359. The number of nitrogens with zero attached hydrogens (tertiary/aromatic N) is 1. The molecule has 1 heterocycles. The number of aromatic nitrogens is 1. The van der Waals surface area contributed by atoms with Gasteiger partial charge in [0.15, 0.2) is 0 Å². The van der Waals surface area contributed by atoms with Crippen LogP contribution < -0.4 is 5.32 Å². The van der Waals surface area contributed by atoms with Crippen LogP contribution in [0, 0.1) is 0 Å². The van der Waals surface area contributed by atoms with Crippen molar-refractivity contribution >= 4 is 22.9 Å². The van der Waals surface area contributed by atoms with Crippen molar-refractivity contribution in [3.63, 3.8) is 0 Å². The maximum atomic E-state index is 12.3. The van der Waals surface area contributed by atoms with Crippen molar-refractivity contribution in [3.05, 3.63) is 83.6 Å². The molecule has 0 saturated carbocycles. The standard InChI is InChI=1S/C23H22N2O/c26-22(14-13-19-9-4-8-18-11-5-15-24-23(18)19)25-16-20-10-3-7-17-6-1-2-12-21(17)20/h1-2,4-6,8-9,11-15,20H,3,7,10,16H2,(H,25,26)/b14-13+/t20-/m1/s1. The third kappa shape index (κ3) is 3.52. The van der Waals surface area contributed by atoms with Gasteiger partial charge in [0.2, 0.25) is 5.91 Å². The fourth-order valence-corrected chi connectivity index (χ4v) is 3.78. The summed E-state index contributed by atoms with van der Waals surface area (Å²) in [7, 11) is 0. The summed E-state index contributed by atoms with van der Waals surface area (Å²) in [6, 6.07) is 18.5. The van der Waals surface area contributed by atoms with E-state index in [-0.39, 0.29) is 5.91 Å². The molecule has 0 fully saturated rings. The Hall–Kier alpha value is -2.94. The van der Waals surface area contributed by atoms with Crippen LogP contribution in [0.1, 0.15) is 35.4 Å². The van der Waals surface area contributed by atoms with E-state index in [1.54, 1.807) is 12.3 Å². The molecule has 3 nitrogen and oxygen atoms in total. The minimum atomic E-state index is -0.0546. The molecule has 0 radical (unpaired) electrons. The molecule has 0 aliphatic heterocycles. The van der Waals surface area contributed by atoms with Gasteiger partial charge in [0.25, 0.3) is 0 Å². The fraction of sp³-hybridized carbons (Fsp3) is 0.217. The predicted molar refractivity (Wildman–Crippen MR) is 106 cm³/mol. The Morgan fingerprint density at radius 1 is 1.12 bits per heavy atom. The first-order valence-corrected chi connectivity index (χ1v) is 9.19. The topological polar surface area (TPSA) is 42.0 Å². The van der Waals surface area contributed by atoms with Crippen molar-refractivity contribution < 1.29 is 4.79 Å². The van der Waals surface area contributed by atoms with Crippen molar-refractivity contribution in [1.29, 1.82) is 0 Å². The Kier molecular flexibility index (Phi) is 4.78. The molecule has 1 amide bonds. The molecule has 3 aromatic rings. The molecular weight excluding hydrogens is 320 g/mol. The number of pyridine rings is 1. The number of hydrogen-bond acceptors (Lipinski definition) is 2. The molecule has 0 saturated heterocycles. The van der Waals surface area contributed by atoms with Gasteiger partial charge in [-0.25, -0.2) is 0 Å². The number of hydrogen-bond donors (Lipinski definition) is 1. The highest BCUT2D eigenvalue weighted by Gasteiger charge is 2.19. The van der Waals surface area contributed by atoms with Crippen LogP contribution in [0.15, 0.2) is 66.9 Å². The van der Waals surface area contributed by atoms with Crippen LogP contribution in [0.2, 0.25) is 0 Å². The molecule has 3 heteroatoms. The van der Waals surface area contributed by atoms with Gasteiger partial charge in [0.1, 0.15) is 0 Å². The zero-order chi connectivity index (χ0) is 17.8. The van der Waals surface area contributed by atoms with Gasteiger partial charge in [-0.15, -0.1) is 0 Å². The largest absolute Gasteiger partial charge is 0.352 e. The predicted octanol–water partition coefficient (Wildman–Crippen LogP) is 4.48. The van der Waals surface area contributed by atoms with Crippen molar-refractivity contribution in [1.82, 2.24) is 10.3 Å². The second kappa shape index (κ2) is 7.52. The van der Waals surface area contributed by atoms with Gasteiger partial charge in [-0.3, -0.25) is 9.78 Å². The summed E-state index contributed by atoms with van der Waals surface area (Å²) in [5.41, 5.74) is 4.69. The van der Waals surface area contributed by atoms with E-state index in [4.69, 9.17) is 0 Å². The number of rotatable bonds is 4. The smallest absolute Gasteiger partial charge is 0.244 e. The molecular formula is C23H22N2O. The zero-order valence-electron chi connectivity index (χ0n) is 14.7. The molecule has 0 spiro atoms. The van der Waals surface area contributed by atoms with Gasteiger partial charge in [-0.1, -0.05) is 48.5 Å². The molecule has 1 aliphatic rings. The molecule has 1 atom stereocenters. The monoisotopic (exact) mass is 342 g/mol. The van der Waals surface area contributed by atoms with E-state index in [1.165, 1.54) is 17.5 Å². The van der Waals surface area contributed by atoms with Gasteiger partial charge < -0.3 is 5.32 Å². The van der Waals surface area contributed by atoms with Crippen LogP contribution >= 0.6 is 0 Å². The first kappa shape index (κ1) is 16.5. The summed E-state index contributed by atoms with van der Waals surface area (Å²) in [5, 5.41) is 4.14. The molecule has 1 aliphatic carbocycles. The lowest BCUT2D eigenvalue weighted by molar-refractivity contribution is -0.116. The second-order valence-electron chi connectivity index (χ2n) is 6.79. The van der Waals surface area contributed by atoms with Crippen molar-refractivity contribution in [2.24, 2.45) is 0 Å². The zero-order valence-corrected chi connectivity index (χ0v) is 14.7. The lowest BCUT2D eigenvalue weighted by Crippen LogP contribution is -2.28. The maximum Gasteiger partial charge on any atom is 0.244 e. The van der Waals surface area contributed by atoms with E-state index in [2.05, 4.69) is 34.6 Å². The summed E-state index contributed by atoms with van der Waals surface area (Å²) >= 11 is 0. The second-order valence-corrected chi connectivity index (χ2v) is 6.79. The van der Waals surface area contributed by atoms with Crippen LogP contribution in [-0.4, -0.2) is 17.4 Å². The number of carbonyl (C=O) groups excluding carboxylic acids is 1. The first-order chi connectivity index (χ1) is 12.8. The van der Waals surface area contributed by atoms with Gasteiger partial charge in [-0.2, -0.15) is 0 Å². The molecule has 1 aromatic heterocycles. The van der Waals surface area contributed by atoms with E-state index < -0.39 is 0 Å². The van der Waals surface area contributed by atoms with Gasteiger partial charge in [0, 0.05) is 35.7 Å². The third-order valence-corrected chi connectivity index (χ3v) is 5.09. The lowest BCUT2D eigenvalue weighted by Gasteiger charge is -2.25. The quantitative estimate of drug-likeness (QED) is 0.710. The van der Waals surface area contributed by atoms with Crippen LogP contribution in [-0.2, 0) is 11.2 Å². The van der Waals surface area contributed by atoms with E-state index in [0.717, 1.165) is 29.3 Å². The van der Waals surface area contributed by atoms with Crippen molar-refractivity contribution in [2.45, 2.75) is 25.2 Å². The minimum Gasteiger partial charge on any atom is -0.352 e. The van der Waals surface area contributed by atoms with Gasteiger partial charge in [0.05, 0.1) is 5.52 Å². The Morgan fingerprint density at radius 2 is 2.00 bits per heavy atom. The first-order valence-electron chi connectivity index (χ1n) is 9.19. The molecule has 2 aromatic carbocycles. The van der Waals surface area contributed by atoms with E-state index in [0.29, 0.717) is 12.5 Å². The summed E-state index contributed by atoms with van der Waals surface area (Å²) in [6.45, 7) is 0.688. The minimum absolute atomic E-state index is 0.0546. The summed E-state index contributed by atoms with van der Waals surface area (Å²) in [6.07, 6.45) is 8.70. The van der Waals surface area contributed by atoms with E-state index in [9.17, 15) is 4.79 Å². The highest BCUT2D eigenvalue weighted by molar-refractivity contribution is 5.95. The summed E-state index contributed by atoms with van der Waals surface area (Å²) in [4.78, 5) is 16.7. The van der Waals surface area contributed by atoms with E-state index in [1.807, 2.05) is 36.4 Å². The lowest BCUT2D eigenvalue weighted by atomic mass is 9.83. The molecule has 0 bridgehead atoms. The van der Waals surface area contributed by atoms with Crippen LogP contribution in [0.4, 0.5) is 0 Å². The number of benzene rings is 2. The molecule has 26 heavy (non-hydrogen) atoms. The number of para-hydroxylation sites is 1. The molecule has 130 valence electrons. The number of fused-ring (bicyclic) bond motifs is 2. The average molecular weight is 342 g/mol. The molecule has 0 unspecified atom stereocenters. The van der Waals surface area contributed by atoms with Crippen LogP contribution in [0.25, 0.3) is 17.0 Å².